The van der Waals surface area contributed by atoms with Gasteiger partial charge in [0.15, 0.2) is 5.75 Å². The molecule has 0 spiro atoms. The Morgan fingerprint density at radius 2 is 2.25 bits per heavy atom. The van der Waals surface area contributed by atoms with Crippen molar-refractivity contribution in [1.29, 1.82) is 0 Å². The molecule has 0 bridgehead atoms. The molecule has 1 aliphatic heterocycles. The molecule has 3 heterocycles. The van der Waals surface area contributed by atoms with Gasteiger partial charge < -0.3 is 13.7 Å². The molecule has 0 saturated carbocycles. The second kappa shape index (κ2) is 3.38. The fraction of sp³-hybridized carbons (Fsp3) is 0.364. The van der Waals surface area contributed by atoms with E-state index in [1.165, 1.54) is 0 Å². The maximum Gasteiger partial charge on any atom is 0.211 e. The lowest BCUT2D eigenvalue weighted by atomic mass is 9.94. The normalized spacial score (nSPS) is 18.6. The molecule has 5 heteroatoms. The predicted molar refractivity (Wildman–Crippen MR) is 59.7 cm³/mol. The zero-order valence-corrected chi connectivity index (χ0v) is 10.5. The van der Waals surface area contributed by atoms with Gasteiger partial charge in [-0.3, -0.25) is 0 Å². The molecule has 0 fully saturated rings. The predicted octanol–water partition coefficient (Wildman–Crippen LogP) is 3.17. The largest absolute Gasteiger partial charge is 0.488 e. The molecule has 84 valence electrons. The Hall–Kier alpha value is -1.23. The van der Waals surface area contributed by atoms with E-state index >= 15 is 0 Å². The van der Waals surface area contributed by atoms with Crippen molar-refractivity contribution < 1.29 is 13.7 Å². The number of hydrogen-bond donors (Lipinski definition) is 0. The summed E-state index contributed by atoms with van der Waals surface area (Å²) in [7, 11) is 0. The van der Waals surface area contributed by atoms with E-state index in [-0.39, 0.29) is 5.92 Å². The van der Waals surface area contributed by atoms with Crippen LogP contribution in [-0.2, 0) is 0 Å². The van der Waals surface area contributed by atoms with Crippen molar-refractivity contribution in [3.8, 4) is 5.75 Å². The molecule has 1 unspecified atom stereocenters. The summed E-state index contributed by atoms with van der Waals surface area (Å²) in [5.41, 5.74) is 3.07. The van der Waals surface area contributed by atoms with Crippen molar-refractivity contribution in [2.24, 2.45) is 0 Å². The second-order valence-corrected chi connectivity index (χ2v) is 4.62. The van der Waals surface area contributed by atoms with Crippen molar-refractivity contribution in [3.63, 3.8) is 0 Å². The summed E-state index contributed by atoms with van der Waals surface area (Å²) in [6.45, 7) is 4.48. The Kier molecular flexibility index (Phi) is 2.10. The number of halogens is 1. The molecule has 0 amide bonds. The highest BCUT2D eigenvalue weighted by atomic mass is 79.9. The van der Waals surface area contributed by atoms with Crippen LogP contribution in [0.4, 0.5) is 0 Å². The molecule has 2 aromatic rings. The highest BCUT2D eigenvalue weighted by molar-refractivity contribution is 9.10. The number of rotatable bonds is 1. The van der Waals surface area contributed by atoms with E-state index in [9.17, 15) is 0 Å². The van der Waals surface area contributed by atoms with Gasteiger partial charge in [-0.05, 0) is 29.8 Å². The average Bonchev–Trinajstić information content (AvgIpc) is 2.88. The molecule has 0 saturated heterocycles. The van der Waals surface area contributed by atoms with Crippen LogP contribution in [0.25, 0.3) is 0 Å². The van der Waals surface area contributed by atoms with E-state index in [0.29, 0.717) is 11.3 Å². The van der Waals surface area contributed by atoms with E-state index in [4.69, 9.17) is 13.7 Å². The van der Waals surface area contributed by atoms with Gasteiger partial charge in [0.1, 0.15) is 5.76 Å². The highest BCUT2D eigenvalue weighted by Crippen LogP contribution is 2.45. The molecular weight excluding hydrogens is 274 g/mol. The molecule has 16 heavy (non-hydrogen) atoms. The summed E-state index contributed by atoms with van der Waals surface area (Å²) >= 11 is 3.31. The fourth-order valence-corrected chi connectivity index (χ4v) is 2.64. The van der Waals surface area contributed by atoms with Gasteiger partial charge in [-0.25, -0.2) is 0 Å². The van der Waals surface area contributed by atoms with Crippen LogP contribution in [0, 0.1) is 13.8 Å². The second-order valence-electron chi connectivity index (χ2n) is 3.90. The first-order valence-corrected chi connectivity index (χ1v) is 5.80. The first kappa shape index (κ1) is 9.96. The lowest BCUT2D eigenvalue weighted by molar-refractivity contribution is 0.326. The molecular formula is C11H10BrNO3. The first-order valence-electron chi connectivity index (χ1n) is 5.01. The minimum atomic E-state index is 0.163. The van der Waals surface area contributed by atoms with Crippen LogP contribution in [-0.4, -0.2) is 11.8 Å². The van der Waals surface area contributed by atoms with E-state index in [0.717, 1.165) is 28.3 Å². The number of ether oxygens (including phenoxy) is 1. The Bertz CT molecular complexity index is 524. The van der Waals surface area contributed by atoms with Gasteiger partial charge in [-0.2, -0.15) is 0 Å². The quantitative estimate of drug-likeness (QED) is 0.807. The van der Waals surface area contributed by atoms with Crippen molar-refractivity contribution >= 4 is 15.9 Å². The molecule has 0 N–H and O–H groups in total. The molecule has 0 aliphatic carbocycles. The van der Waals surface area contributed by atoms with Gasteiger partial charge in [0.2, 0.25) is 4.67 Å². The van der Waals surface area contributed by atoms with Gasteiger partial charge >= 0.3 is 0 Å². The molecule has 1 aliphatic rings. The molecule has 1 atom stereocenters. The van der Waals surface area contributed by atoms with E-state index < -0.39 is 0 Å². The van der Waals surface area contributed by atoms with Gasteiger partial charge in [0.05, 0.1) is 24.5 Å². The molecule has 0 radical (unpaired) electrons. The summed E-state index contributed by atoms with van der Waals surface area (Å²) < 4.78 is 16.7. The standard InChI is InChI=1S/C11H10BrNO3/c1-5-9(6(2)16-13-5)7-3-14-10-8(7)4-15-11(10)12/h4,7H,3H2,1-2H3. The maximum atomic E-state index is 5.61. The molecule has 3 rings (SSSR count). The highest BCUT2D eigenvalue weighted by Gasteiger charge is 2.33. The van der Waals surface area contributed by atoms with Gasteiger partial charge in [-0.15, -0.1) is 0 Å². The van der Waals surface area contributed by atoms with E-state index in [1.807, 2.05) is 13.8 Å². The zero-order chi connectivity index (χ0) is 11.3. The first-order chi connectivity index (χ1) is 7.68. The van der Waals surface area contributed by atoms with Crippen LogP contribution in [0.2, 0.25) is 0 Å². The number of fused-ring (bicyclic) bond motifs is 1. The van der Waals surface area contributed by atoms with Crippen molar-refractivity contribution in [2.45, 2.75) is 19.8 Å². The van der Waals surface area contributed by atoms with Crippen LogP contribution >= 0.6 is 15.9 Å². The molecule has 4 nitrogen and oxygen atoms in total. The lowest BCUT2D eigenvalue weighted by Crippen LogP contribution is -2.04. The van der Waals surface area contributed by atoms with Crippen LogP contribution in [0.3, 0.4) is 0 Å². The third kappa shape index (κ3) is 1.24. The average molecular weight is 284 g/mol. The van der Waals surface area contributed by atoms with Gasteiger partial charge in [0.25, 0.3) is 0 Å². The van der Waals surface area contributed by atoms with Crippen molar-refractivity contribution in [3.05, 3.63) is 33.5 Å². The Balaban J connectivity index is 2.11. The van der Waals surface area contributed by atoms with Crippen molar-refractivity contribution in [1.82, 2.24) is 5.16 Å². The molecule has 2 aromatic heterocycles. The van der Waals surface area contributed by atoms with Crippen LogP contribution in [0.5, 0.6) is 5.75 Å². The topological polar surface area (TPSA) is 48.4 Å². The number of aromatic nitrogens is 1. The van der Waals surface area contributed by atoms with Gasteiger partial charge in [0, 0.05) is 11.1 Å². The van der Waals surface area contributed by atoms with E-state index in [2.05, 4.69) is 21.1 Å². The SMILES string of the molecule is Cc1noc(C)c1C1COc2c1coc2Br. The third-order valence-electron chi connectivity index (χ3n) is 2.94. The number of furan rings is 1. The van der Waals surface area contributed by atoms with Crippen molar-refractivity contribution in [2.75, 3.05) is 6.61 Å². The Morgan fingerprint density at radius 1 is 1.44 bits per heavy atom. The monoisotopic (exact) mass is 283 g/mol. The Morgan fingerprint density at radius 3 is 2.94 bits per heavy atom. The van der Waals surface area contributed by atoms with Crippen LogP contribution < -0.4 is 4.74 Å². The third-order valence-corrected chi connectivity index (χ3v) is 3.48. The smallest absolute Gasteiger partial charge is 0.211 e. The molecule has 0 aromatic carbocycles. The maximum absolute atomic E-state index is 5.61. The van der Waals surface area contributed by atoms with Gasteiger partial charge in [-0.1, -0.05) is 5.16 Å². The van der Waals surface area contributed by atoms with E-state index in [1.54, 1.807) is 6.26 Å². The minimum absolute atomic E-state index is 0.163. The minimum Gasteiger partial charge on any atom is -0.488 e. The number of nitrogens with zero attached hydrogens (tertiary/aromatic N) is 1. The summed E-state index contributed by atoms with van der Waals surface area (Å²) in [5.74, 6) is 1.80. The number of hydrogen-bond acceptors (Lipinski definition) is 4. The fourth-order valence-electron chi connectivity index (χ4n) is 2.20. The number of aryl methyl sites for hydroxylation is 2. The zero-order valence-electron chi connectivity index (χ0n) is 8.91. The summed E-state index contributed by atoms with van der Waals surface area (Å²) in [4.78, 5) is 0. The van der Waals surface area contributed by atoms with Crippen LogP contribution in [0.15, 0.2) is 19.9 Å². The summed E-state index contributed by atoms with van der Waals surface area (Å²) in [6, 6.07) is 0. The Labute approximate surface area is 101 Å². The van der Waals surface area contributed by atoms with Crippen LogP contribution in [0.1, 0.15) is 28.5 Å². The summed E-state index contributed by atoms with van der Waals surface area (Å²) in [5, 5.41) is 3.97. The summed E-state index contributed by atoms with van der Waals surface area (Å²) in [6.07, 6.45) is 1.73. The lowest BCUT2D eigenvalue weighted by Gasteiger charge is -2.06.